The van der Waals surface area contributed by atoms with Crippen LogP contribution < -0.4 is 5.32 Å². The summed E-state index contributed by atoms with van der Waals surface area (Å²) in [5.74, 6) is -1.40. The molecular weight excluding hydrogens is 326 g/mol. The lowest BCUT2D eigenvalue weighted by molar-refractivity contribution is -0.143. The smallest absolute Gasteiger partial charge is 0.359 e. The minimum absolute atomic E-state index is 0.143. The van der Waals surface area contributed by atoms with E-state index in [2.05, 4.69) is 10.3 Å². The lowest BCUT2D eigenvalue weighted by atomic mass is 10.3. The van der Waals surface area contributed by atoms with Crippen molar-refractivity contribution in [3.63, 3.8) is 0 Å². The highest BCUT2D eigenvalue weighted by molar-refractivity contribution is 5.90. The van der Waals surface area contributed by atoms with Gasteiger partial charge in [-0.05, 0) is 32.4 Å². The molecule has 134 valence electrons. The van der Waals surface area contributed by atoms with Gasteiger partial charge in [-0.25, -0.2) is 9.78 Å². The summed E-state index contributed by atoms with van der Waals surface area (Å²) in [5, 5.41) is 2.57. The molecule has 0 saturated heterocycles. The molecule has 8 heteroatoms. The van der Waals surface area contributed by atoms with E-state index in [0.29, 0.717) is 25.2 Å². The van der Waals surface area contributed by atoms with Crippen LogP contribution in [0.25, 0.3) is 5.65 Å². The van der Waals surface area contributed by atoms with Gasteiger partial charge in [-0.3, -0.25) is 9.59 Å². The molecular formula is C17H21N3O5. The van der Waals surface area contributed by atoms with Gasteiger partial charge in [0.1, 0.15) is 5.65 Å². The lowest BCUT2D eigenvalue weighted by Crippen LogP contribution is -2.30. The molecule has 2 heterocycles. The first-order valence-corrected chi connectivity index (χ1v) is 8.05. The van der Waals surface area contributed by atoms with Crippen molar-refractivity contribution >= 4 is 23.5 Å². The van der Waals surface area contributed by atoms with E-state index < -0.39 is 18.5 Å². The second-order valence-corrected chi connectivity index (χ2v) is 5.36. The summed E-state index contributed by atoms with van der Waals surface area (Å²) >= 11 is 0. The van der Waals surface area contributed by atoms with Crippen LogP contribution >= 0.6 is 0 Å². The third-order valence-electron chi connectivity index (χ3n) is 3.42. The standard InChI is InChI=1S/C17H21N3O5/c1-3-24-16(22)8-5-9-18-15(21)11-25-17(23)13-10-20-12(2)6-4-7-14(20)19-13/h4,6-7,10H,3,5,8-9,11H2,1-2H3,(H,18,21). The number of aryl methyl sites for hydroxylation is 1. The van der Waals surface area contributed by atoms with Gasteiger partial charge in [-0.15, -0.1) is 0 Å². The number of imidazole rings is 1. The van der Waals surface area contributed by atoms with E-state index in [1.165, 1.54) is 0 Å². The third-order valence-corrected chi connectivity index (χ3v) is 3.42. The van der Waals surface area contributed by atoms with Gasteiger partial charge in [-0.2, -0.15) is 0 Å². The van der Waals surface area contributed by atoms with Crippen molar-refractivity contribution in [3.8, 4) is 0 Å². The van der Waals surface area contributed by atoms with Crippen molar-refractivity contribution in [2.75, 3.05) is 19.8 Å². The highest BCUT2D eigenvalue weighted by Gasteiger charge is 2.14. The van der Waals surface area contributed by atoms with Gasteiger partial charge in [-0.1, -0.05) is 6.07 Å². The van der Waals surface area contributed by atoms with Crippen molar-refractivity contribution in [2.45, 2.75) is 26.7 Å². The number of esters is 2. The molecule has 1 amide bonds. The summed E-state index contributed by atoms with van der Waals surface area (Å²) in [6, 6.07) is 5.52. The van der Waals surface area contributed by atoms with Crippen molar-refractivity contribution in [2.24, 2.45) is 0 Å². The lowest BCUT2D eigenvalue weighted by Gasteiger charge is -2.05. The van der Waals surface area contributed by atoms with Crippen molar-refractivity contribution in [1.82, 2.24) is 14.7 Å². The second-order valence-electron chi connectivity index (χ2n) is 5.36. The zero-order chi connectivity index (χ0) is 18.2. The van der Waals surface area contributed by atoms with Crippen LogP contribution in [0, 0.1) is 6.92 Å². The Bertz CT molecular complexity index is 769. The molecule has 2 aromatic heterocycles. The van der Waals surface area contributed by atoms with Gasteiger partial charge in [0.2, 0.25) is 0 Å². The first-order valence-electron chi connectivity index (χ1n) is 8.05. The van der Waals surface area contributed by atoms with E-state index in [-0.39, 0.29) is 18.1 Å². The molecule has 0 spiro atoms. The van der Waals surface area contributed by atoms with Crippen LogP contribution in [-0.2, 0) is 19.1 Å². The van der Waals surface area contributed by atoms with Crippen LogP contribution in [0.15, 0.2) is 24.4 Å². The van der Waals surface area contributed by atoms with Gasteiger partial charge in [0.25, 0.3) is 5.91 Å². The topological polar surface area (TPSA) is 99.0 Å². The molecule has 1 N–H and O–H groups in total. The van der Waals surface area contributed by atoms with Gasteiger partial charge in [0.05, 0.1) is 6.61 Å². The second kappa shape index (κ2) is 8.81. The maximum atomic E-state index is 12.0. The van der Waals surface area contributed by atoms with E-state index >= 15 is 0 Å². The van der Waals surface area contributed by atoms with E-state index in [1.807, 2.05) is 19.1 Å². The van der Waals surface area contributed by atoms with Gasteiger partial charge in [0, 0.05) is 24.9 Å². The fourth-order valence-electron chi connectivity index (χ4n) is 2.20. The molecule has 2 aromatic rings. The number of amides is 1. The normalized spacial score (nSPS) is 10.5. The Morgan fingerprint density at radius 3 is 2.76 bits per heavy atom. The van der Waals surface area contributed by atoms with Crippen LogP contribution in [0.4, 0.5) is 0 Å². The average Bonchev–Trinajstić information content (AvgIpc) is 3.02. The molecule has 0 unspecified atom stereocenters. The molecule has 0 saturated carbocycles. The molecule has 0 aliphatic rings. The summed E-state index contributed by atoms with van der Waals surface area (Å²) in [6.45, 7) is 3.88. The Morgan fingerprint density at radius 2 is 2.04 bits per heavy atom. The summed E-state index contributed by atoms with van der Waals surface area (Å²) in [5.41, 5.74) is 1.71. The van der Waals surface area contributed by atoms with Gasteiger partial charge < -0.3 is 19.2 Å². The molecule has 0 aromatic carbocycles. The summed E-state index contributed by atoms with van der Waals surface area (Å²) in [7, 11) is 0. The fraction of sp³-hybridized carbons (Fsp3) is 0.412. The summed E-state index contributed by atoms with van der Waals surface area (Å²) in [4.78, 5) is 38.9. The van der Waals surface area contributed by atoms with Gasteiger partial charge in [0.15, 0.2) is 12.3 Å². The maximum absolute atomic E-state index is 12.0. The Labute approximate surface area is 145 Å². The van der Waals surface area contributed by atoms with Crippen molar-refractivity contribution in [1.29, 1.82) is 0 Å². The number of fused-ring (bicyclic) bond motifs is 1. The molecule has 0 aliphatic heterocycles. The largest absolute Gasteiger partial charge is 0.466 e. The minimum Gasteiger partial charge on any atom is -0.466 e. The van der Waals surface area contributed by atoms with Gasteiger partial charge >= 0.3 is 11.9 Å². The van der Waals surface area contributed by atoms with Crippen LogP contribution in [-0.4, -0.2) is 47.0 Å². The van der Waals surface area contributed by atoms with E-state index in [0.717, 1.165) is 5.69 Å². The Kier molecular flexibility index (Phi) is 6.50. The van der Waals surface area contributed by atoms with Crippen molar-refractivity contribution in [3.05, 3.63) is 35.8 Å². The minimum atomic E-state index is -0.662. The SMILES string of the molecule is CCOC(=O)CCCNC(=O)COC(=O)c1cn2c(C)cccc2n1. The average molecular weight is 347 g/mol. The number of hydrogen-bond acceptors (Lipinski definition) is 6. The van der Waals surface area contributed by atoms with E-state index in [1.54, 1.807) is 23.6 Å². The van der Waals surface area contributed by atoms with Crippen molar-refractivity contribution < 1.29 is 23.9 Å². The molecule has 0 bridgehead atoms. The first-order chi connectivity index (χ1) is 12.0. The van der Waals surface area contributed by atoms with E-state index in [4.69, 9.17) is 9.47 Å². The number of pyridine rings is 1. The zero-order valence-corrected chi connectivity index (χ0v) is 14.3. The zero-order valence-electron chi connectivity index (χ0n) is 14.3. The number of carbonyl (C=O) groups excluding carboxylic acids is 3. The fourth-order valence-corrected chi connectivity index (χ4v) is 2.20. The number of nitrogens with zero attached hydrogens (tertiary/aromatic N) is 2. The van der Waals surface area contributed by atoms with Crippen LogP contribution in [0.5, 0.6) is 0 Å². The Hall–Kier alpha value is -2.90. The number of carbonyl (C=O) groups is 3. The summed E-state index contributed by atoms with van der Waals surface area (Å²) < 4.78 is 11.5. The molecule has 2 rings (SSSR count). The maximum Gasteiger partial charge on any atom is 0.359 e. The Morgan fingerprint density at radius 1 is 1.24 bits per heavy atom. The molecule has 0 radical (unpaired) electrons. The quantitative estimate of drug-likeness (QED) is 0.570. The number of rotatable bonds is 8. The number of ether oxygens (including phenoxy) is 2. The predicted molar refractivity (Wildman–Crippen MR) is 89.1 cm³/mol. The molecule has 0 atom stereocenters. The first kappa shape index (κ1) is 18.4. The highest BCUT2D eigenvalue weighted by Crippen LogP contribution is 2.09. The molecule has 0 fully saturated rings. The monoisotopic (exact) mass is 347 g/mol. The number of hydrogen-bond donors (Lipinski definition) is 1. The van der Waals surface area contributed by atoms with Crippen LogP contribution in [0.1, 0.15) is 35.9 Å². The Balaban J connectivity index is 1.74. The highest BCUT2D eigenvalue weighted by atomic mass is 16.5. The number of aromatic nitrogens is 2. The van der Waals surface area contributed by atoms with Crippen LogP contribution in [0.2, 0.25) is 0 Å². The molecule has 0 aliphatic carbocycles. The molecule has 25 heavy (non-hydrogen) atoms. The number of nitrogens with one attached hydrogen (secondary N) is 1. The van der Waals surface area contributed by atoms with E-state index in [9.17, 15) is 14.4 Å². The van der Waals surface area contributed by atoms with Crippen LogP contribution in [0.3, 0.4) is 0 Å². The summed E-state index contributed by atoms with van der Waals surface area (Å²) in [6.07, 6.45) is 2.27. The molecule has 8 nitrogen and oxygen atoms in total. The third kappa shape index (κ3) is 5.30. The predicted octanol–water partition coefficient (Wildman–Crippen LogP) is 1.26.